The molecule has 1 heterocycles. The van der Waals surface area contributed by atoms with Gasteiger partial charge >= 0.3 is 0 Å². The minimum absolute atomic E-state index is 0.243. The van der Waals surface area contributed by atoms with Crippen LogP contribution in [0.15, 0.2) is 83.8 Å². The second kappa shape index (κ2) is 8.86. The first-order valence-corrected chi connectivity index (χ1v) is 8.91. The van der Waals surface area contributed by atoms with E-state index in [0.29, 0.717) is 6.54 Å². The van der Waals surface area contributed by atoms with Crippen LogP contribution in [0.2, 0.25) is 0 Å². The number of methoxy groups -OCH3 is 1. The molecule has 0 bridgehead atoms. The zero-order valence-electron chi connectivity index (χ0n) is 15.9. The monoisotopic (exact) mass is 374 g/mol. The Balaban J connectivity index is 1.98. The molecule has 0 unspecified atom stereocenters. The van der Waals surface area contributed by atoms with Crippen LogP contribution in [0.1, 0.15) is 11.1 Å². The van der Waals surface area contributed by atoms with E-state index in [1.807, 2.05) is 54.6 Å². The topological polar surface area (TPSA) is 51.5 Å². The van der Waals surface area contributed by atoms with Crippen molar-refractivity contribution in [2.45, 2.75) is 6.54 Å². The summed E-state index contributed by atoms with van der Waals surface area (Å²) in [6.07, 6.45) is 3.32. The van der Waals surface area contributed by atoms with Crippen LogP contribution in [0, 0.1) is 0 Å². The van der Waals surface area contributed by atoms with Crippen molar-refractivity contribution >= 4 is 17.7 Å². The van der Waals surface area contributed by atoms with Crippen LogP contribution in [0.25, 0.3) is 11.8 Å². The van der Waals surface area contributed by atoms with Crippen molar-refractivity contribution in [3.63, 3.8) is 0 Å². The highest BCUT2D eigenvalue weighted by molar-refractivity contribution is 6.18. The lowest BCUT2D eigenvalue weighted by atomic mass is 10.1. The molecule has 0 aliphatic heterocycles. The number of carbonyl (C=O) groups is 1. The fraction of sp³-hybridized carbons (Fsp3) is 0.130. The van der Waals surface area contributed by atoms with Crippen molar-refractivity contribution in [2.24, 2.45) is 0 Å². The first-order chi connectivity index (χ1) is 13.6. The molecule has 3 rings (SSSR count). The molecular weight excluding hydrogens is 352 g/mol. The van der Waals surface area contributed by atoms with Gasteiger partial charge in [-0.25, -0.2) is 0 Å². The van der Waals surface area contributed by atoms with Crippen molar-refractivity contribution in [3.8, 4) is 5.75 Å². The lowest BCUT2D eigenvalue weighted by molar-refractivity contribution is -0.124. The predicted octanol–water partition coefficient (Wildman–Crippen LogP) is 3.51. The van der Waals surface area contributed by atoms with Gasteiger partial charge in [-0.05, 0) is 35.4 Å². The smallest absolute Gasteiger partial charge is 0.270 e. The Labute approximate surface area is 164 Å². The van der Waals surface area contributed by atoms with E-state index in [1.165, 1.54) is 10.6 Å². The maximum atomic E-state index is 13.2. The summed E-state index contributed by atoms with van der Waals surface area (Å²) < 4.78 is 6.55. The molecule has 0 atom stereocenters. The number of amides is 1. The molecule has 1 aromatic heterocycles. The van der Waals surface area contributed by atoms with Crippen molar-refractivity contribution < 1.29 is 9.53 Å². The Hall–Kier alpha value is -3.60. The van der Waals surface area contributed by atoms with Crippen LogP contribution < -0.4 is 10.3 Å². The van der Waals surface area contributed by atoms with Gasteiger partial charge in [-0.1, -0.05) is 48.5 Å². The van der Waals surface area contributed by atoms with E-state index in [0.717, 1.165) is 16.9 Å². The van der Waals surface area contributed by atoms with E-state index in [-0.39, 0.29) is 17.2 Å². The summed E-state index contributed by atoms with van der Waals surface area (Å²) in [6, 6.07) is 21.9. The van der Waals surface area contributed by atoms with Crippen LogP contribution >= 0.6 is 0 Å². The fourth-order valence-corrected chi connectivity index (χ4v) is 2.84. The maximum absolute atomic E-state index is 13.2. The highest BCUT2D eigenvalue weighted by Crippen LogP contribution is 2.17. The molecule has 0 saturated heterocycles. The minimum atomic E-state index is -0.260. The zero-order valence-corrected chi connectivity index (χ0v) is 15.9. The molecule has 0 N–H and O–H groups in total. The fourth-order valence-electron chi connectivity index (χ4n) is 2.84. The highest BCUT2D eigenvalue weighted by atomic mass is 16.5. The second-order valence-electron chi connectivity index (χ2n) is 6.36. The van der Waals surface area contributed by atoms with Crippen molar-refractivity contribution in [2.75, 3.05) is 14.2 Å². The molecule has 0 aliphatic rings. The normalized spacial score (nSPS) is 11.1. The molecule has 3 aromatic rings. The van der Waals surface area contributed by atoms with Gasteiger partial charge in [0.05, 0.1) is 7.11 Å². The van der Waals surface area contributed by atoms with E-state index in [9.17, 15) is 9.59 Å². The highest BCUT2D eigenvalue weighted by Gasteiger charge is 2.18. The summed E-state index contributed by atoms with van der Waals surface area (Å²) >= 11 is 0. The second-order valence-corrected chi connectivity index (χ2v) is 6.36. The number of likely N-dealkylation sites (N-methyl/N-ethyl adjacent to an activating group) is 1. The summed E-state index contributed by atoms with van der Waals surface area (Å²) in [7, 11) is 3.33. The lowest BCUT2D eigenvalue weighted by Crippen LogP contribution is -2.32. The molecule has 2 aromatic carbocycles. The van der Waals surface area contributed by atoms with Gasteiger partial charge in [0.2, 0.25) is 0 Å². The molecule has 5 nitrogen and oxygen atoms in total. The standard InChI is InChI=1S/C23H22N2O3/c1-24(17-19-8-4-3-5-9-19)23(27)21(25-15-7-6-10-22(25)26)16-18-11-13-20(28-2)14-12-18/h3-16H,17H2,1-2H3/b21-16+. The molecule has 0 radical (unpaired) electrons. The predicted molar refractivity (Wildman–Crippen MR) is 111 cm³/mol. The lowest BCUT2D eigenvalue weighted by Gasteiger charge is -2.20. The third-order valence-electron chi connectivity index (χ3n) is 4.33. The Kier molecular flexibility index (Phi) is 6.07. The Morgan fingerprint density at radius 2 is 1.68 bits per heavy atom. The van der Waals surface area contributed by atoms with Crippen LogP contribution in [-0.4, -0.2) is 29.5 Å². The molecule has 0 spiro atoms. The molecule has 0 aliphatic carbocycles. The van der Waals surface area contributed by atoms with E-state index < -0.39 is 0 Å². The average molecular weight is 374 g/mol. The number of nitrogens with zero attached hydrogens (tertiary/aromatic N) is 2. The SMILES string of the molecule is COc1ccc(/C=C(\C(=O)N(C)Cc2ccccc2)n2ccccc2=O)cc1. The molecular formula is C23H22N2O3. The van der Waals surface area contributed by atoms with Gasteiger partial charge in [-0.3, -0.25) is 14.2 Å². The number of ether oxygens (including phenoxy) is 1. The number of rotatable bonds is 6. The Bertz CT molecular complexity index is 1020. The van der Waals surface area contributed by atoms with Crippen LogP contribution in [-0.2, 0) is 11.3 Å². The summed E-state index contributed by atoms with van der Waals surface area (Å²) in [6.45, 7) is 0.446. The van der Waals surface area contributed by atoms with E-state index in [4.69, 9.17) is 4.74 Å². The number of hydrogen-bond donors (Lipinski definition) is 0. The zero-order chi connectivity index (χ0) is 19.9. The van der Waals surface area contributed by atoms with E-state index >= 15 is 0 Å². The first-order valence-electron chi connectivity index (χ1n) is 8.91. The Morgan fingerprint density at radius 1 is 1.00 bits per heavy atom. The summed E-state index contributed by atoms with van der Waals surface area (Å²) in [5.41, 5.74) is 1.84. The third-order valence-corrected chi connectivity index (χ3v) is 4.33. The van der Waals surface area contributed by atoms with Crippen molar-refractivity contribution in [1.82, 2.24) is 9.47 Å². The summed E-state index contributed by atoms with van der Waals surface area (Å²) in [5.74, 6) is 0.482. The van der Waals surface area contributed by atoms with Gasteiger partial charge < -0.3 is 9.64 Å². The third kappa shape index (κ3) is 4.57. The van der Waals surface area contributed by atoms with Gasteiger partial charge in [-0.15, -0.1) is 0 Å². The van der Waals surface area contributed by atoms with Crippen LogP contribution in [0.3, 0.4) is 0 Å². The maximum Gasteiger partial charge on any atom is 0.270 e. The van der Waals surface area contributed by atoms with Crippen LogP contribution in [0.5, 0.6) is 5.75 Å². The van der Waals surface area contributed by atoms with Gasteiger partial charge in [0.25, 0.3) is 11.5 Å². The minimum Gasteiger partial charge on any atom is -0.497 e. The van der Waals surface area contributed by atoms with E-state index in [2.05, 4.69) is 0 Å². The number of pyridine rings is 1. The number of hydrogen-bond acceptors (Lipinski definition) is 3. The van der Waals surface area contributed by atoms with Crippen molar-refractivity contribution in [1.29, 1.82) is 0 Å². The number of benzene rings is 2. The van der Waals surface area contributed by atoms with E-state index in [1.54, 1.807) is 43.5 Å². The number of aromatic nitrogens is 1. The molecule has 1 amide bonds. The molecule has 0 saturated carbocycles. The first kappa shape index (κ1) is 19.2. The largest absolute Gasteiger partial charge is 0.497 e. The quantitative estimate of drug-likeness (QED) is 0.621. The van der Waals surface area contributed by atoms with Gasteiger partial charge in [0.1, 0.15) is 11.4 Å². The molecule has 5 heteroatoms. The van der Waals surface area contributed by atoms with Crippen LogP contribution in [0.4, 0.5) is 0 Å². The van der Waals surface area contributed by atoms with Gasteiger partial charge in [-0.2, -0.15) is 0 Å². The molecule has 0 fully saturated rings. The summed E-state index contributed by atoms with van der Waals surface area (Å²) in [5, 5.41) is 0. The van der Waals surface area contributed by atoms with Crippen molar-refractivity contribution in [3.05, 3.63) is 100 Å². The summed E-state index contributed by atoms with van der Waals surface area (Å²) in [4.78, 5) is 27.2. The molecule has 142 valence electrons. The van der Waals surface area contributed by atoms with Gasteiger partial charge in [0, 0.05) is 25.9 Å². The average Bonchev–Trinajstić information content (AvgIpc) is 2.73. The molecule has 28 heavy (non-hydrogen) atoms. The Morgan fingerprint density at radius 3 is 2.32 bits per heavy atom. The van der Waals surface area contributed by atoms with Gasteiger partial charge in [0.15, 0.2) is 0 Å². The number of carbonyl (C=O) groups excluding carboxylic acids is 1.